The lowest BCUT2D eigenvalue weighted by Crippen LogP contribution is -2.25. The highest BCUT2D eigenvalue weighted by Crippen LogP contribution is 2.23. The first-order chi connectivity index (χ1) is 12.6. The number of hydrogen-bond acceptors (Lipinski definition) is 6. The Morgan fingerprint density at radius 3 is 2.54 bits per heavy atom. The van der Waals surface area contributed by atoms with Crippen LogP contribution >= 0.6 is 0 Å². The van der Waals surface area contributed by atoms with Gasteiger partial charge in [0.25, 0.3) is 0 Å². The number of hydrogen-bond donors (Lipinski definition) is 1. The van der Waals surface area contributed by atoms with Crippen LogP contribution in [0.15, 0.2) is 42.5 Å². The Balaban J connectivity index is 2.13. The number of aliphatic hydroxyl groups is 1. The van der Waals surface area contributed by atoms with E-state index in [0.29, 0.717) is 29.8 Å². The molecular formula is C20H22O6. The normalized spacial score (nSPS) is 11.5. The highest BCUT2D eigenvalue weighted by Gasteiger charge is 2.19. The van der Waals surface area contributed by atoms with Gasteiger partial charge in [0, 0.05) is 12.0 Å². The molecule has 0 saturated carbocycles. The number of carbonyl (C=O) groups excluding carboxylic acids is 2. The van der Waals surface area contributed by atoms with Crippen molar-refractivity contribution >= 4 is 12.3 Å². The van der Waals surface area contributed by atoms with Crippen molar-refractivity contribution in [1.82, 2.24) is 0 Å². The smallest absolute Gasteiger partial charge is 0.335 e. The van der Waals surface area contributed by atoms with E-state index in [1.54, 1.807) is 32.2 Å². The summed E-state index contributed by atoms with van der Waals surface area (Å²) in [5.41, 5.74) is 1.93. The van der Waals surface area contributed by atoms with Crippen molar-refractivity contribution in [2.75, 3.05) is 13.7 Å². The summed E-state index contributed by atoms with van der Waals surface area (Å²) in [7, 11) is 1.60. The van der Waals surface area contributed by atoms with Gasteiger partial charge in [-0.3, -0.25) is 4.79 Å². The second-order valence-electron chi connectivity index (χ2n) is 5.59. The third-order valence-corrected chi connectivity index (χ3v) is 3.75. The second-order valence-corrected chi connectivity index (χ2v) is 5.59. The maximum atomic E-state index is 11.7. The van der Waals surface area contributed by atoms with Gasteiger partial charge in [-0.15, -0.1) is 0 Å². The molecule has 0 aliphatic heterocycles. The van der Waals surface area contributed by atoms with E-state index in [9.17, 15) is 14.7 Å². The zero-order valence-corrected chi connectivity index (χ0v) is 14.8. The Morgan fingerprint density at radius 1 is 1.19 bits per heavy atom. The molecule has 0 spiro atoms. The number of aliphatic hydroxyl groups excluding tert-OH is 1. The Kier molecular flexibility index (Phi) is 7.17. The lowest BCUT2D eigenvalue weighted by molar-refractivity contribution is -0.152. The average molecular weight is 358 g/mol. The lowest BCUT2D eigenvalue weighted by atomic mass is 10.0. The molecular weight excluding hydrogens is 336 g/mol. The highest BCUT2D eigenvalue weighted by atomic mass is 16.5. The molecule has 1 atom stereocenters. The molecule has 6 heteroatoms. The van der Waals surface area contributed by atoms with E-state index in [-0.39, 0.29) is 13.0 Å². The van der Waals surface area contributed by atoms with Crippen LogP contribution in [0.5, 0.6) is 11.5 Å². The van der Waals surface area contributed by atoms with Crippen LogP contribution in [0.1, 0.15) is 28.4 Å². The van der Waals surface area contributed by atoms with Crippen LogP contribution in [0.4, 0.5) is 0 Å². The molecule has 0 bridgehead atoms. The summed E-state index contributed by atoms with van der Waals surface area (Å²) in [6.07, 6.45) is -0.619. The van der Waals surface area contributed by atoms with Crippen molar-refractivity contribution in [2.24, 2.45) is 0 Å². The van der Waals surface area contributed by atoms with Gasteiger partial charge in [0.2, 0.25) is 0 Å². The first-order valence-corrected chi connectivity index (χ1v) is 8.26. The average Bonchev–Trinajstić information content (AvgIpc) is 2.67. The minimum Gasteiger partial charge on any atom is -0.497 e. The molecule has 2 rings (SSSR count). The number of carbonyl (C=O) groups is 2. The van der Waals surface area contributed by atoms with Gasteiger partial charge in [-0.05, 0) is 48.4 Å². The number of aldehydes is 1. The first-order valence-electron chi connectivity index (χ1n) is 8.26. The predicted molar refractivity (Wildman–Crippen MR) is 95.5 cm³/mol. The topological polar surface area (TPSA) is 82.1 Å². The fourth-order valence-corrected chi connectivity index (χ4v) is 2.39. The van der Waals surface area contributed by atoms with Crippen molar-refractivity contribution in [2.45, 2.75) is 26.1 Å². The van der Waals surface area contributed by atoms with Crippen LogP contribution in [-0.2, 0) is 22.6 Å². The zero-order valence-electron chi connectivity index (χ0n) is 14.8. The monoisotopic (exact) mass is 358 g/mol. The molecule has 2 aromatic carbocycles. The van der Waals surface area contributed by atoms with Crippen LogP contribution in [0, 0.1) is 0 Å². The van der Waals surface area contributed by atoms with Crippen LogP contribution in [0.25, 0.3) is 0 Å². The summed E-state index contributed by atoms with van der Waals surface area (Å²) < 4.78 is 15.7. The van der Waals surface area contributed by atoms with Crippen molar-refractivity contribution < 1.29 is 28.9 Å². The third-order valence-electron chi connectivity index (χ3n) is 3.75. The largest absolute Gasteiger partial charge is 0.497 e. The van der Waals surface area contributed by atoms with Crippen LogP contribution in [0.3, 0.4) is 0 Å². The van der Waals surface area contributed by atoms with E-state index in [1.165, 1.54) is 0 Å². The summed E-state index contributed by atoms with van der Waals surface area (Å²) in [5, 5.41) is 10.0. The van der Waals surface area contributed by atoms with Gasteiger partial charge in [-0.25, -0.2) is 4.79 Å². The fourth-order valence-electron chi connectivity index (χ4n) is 2.39. The molecule has 0 aromatic heterocycles. The molecule has 0 unspecified atom stereocenters. The Labute approximate surface area is 152 Å². The van der Waals surface area contributed by atoms with E-state index in [4.69, 9.17) is 14.2 Å². The van der Waals surface area contributed by atoms with Crippen LogP contribution < -0.4 is 9.47 Å². The molecule has 2 aromatic rings. The van der Waals surface area contributed by atoms with E-state index < -0.39 is 12.1 Å². The van der Waals surface area contributed by atoms with Gasteiger partial charge in [-0.2, -0.15) is 0 Å². The van der Waals surface area contributed by atoms with Gasteiger partial charge in [-0.1, -0.05) is 12.1 Å². The molecule has 1 N–H and O–H groups in total. The predicted octanol–water partition coefficient (Wildman–Crippen LogP) is 2.55. The van der Waals surface area contributed by atoms with Gasteiger partial charge in [0.15, 0.2) is 6.10 Å². The van der Waals surface area contributed by atoms with Crippen LogP contribution in [0.2, 0.25) is 0 Å². The summed E-state index contributed by atoms with van der Waals surface area (Å²) in [5.74, 6) is 0.544. The van der Waals surface area contributed by atoms with E-state index in [0.717, 1.165) is 11.3 Å². The molecule has 0 saturated heterocycles. The van der Waals surface area contributed by atoms with Gasteiger partial charge >= 0.3 is 5.97 Å². The maximum Gasteiger partial charge on any atom is 0.335 e. The molecule has 0 amide bonds. The lowest BCUT2D eigenvalue weighted by Gasteiger charge is -2.15. The summed E-state index contributed by atoms with van der Waals surface area (Å²) in [6.45, 7) is 2.15. The molecule has 26 heavy (non-hydrogen) atoms. The Bertz CT molecular complexity index is 738. The van der Waals surface area contributed by atoms with Crippen molar-refractivity contribution in [3.8, 4) is 11.5 Å². The van der Waals surface area contributed by atoms with Crippen molar-refractivity contribution in [3.63, 3.8) is 0 Å². The zero-order chi connectivity index (χ0) is 18.9. The minimum atomic E-state index is -1.32. The van der Waals surface area contributed by atoms with Crippen LogP contribution in [-0.4, -0.2) is 37.2 Å². The molecule has 6 nitrogen and oxygen atoms in total. The standard InChI is InChI=1S/C20H22O6/c1-3-25-20(23)18(22)11-16-10-15(12-21)6-9-19(16)26-13-14-4-7-17(24-2)8-5-14/h4-10,12,18,22H,3,11,13H2,1-2H3/t18-/m1/s1. The second kappa shape index (κ2) is 9.58. The molecule has 0 heterocycles. The Hall–Kier alpha value is -2.86. The first kappa shape index (κ1) is 19.5. The maximum absolute atomic E-state index is 11.7. The number of esters is 1. The van der Waals surface area contributed by atoms with Gasteiger partial charge in [0.05, 0.1) is 13.7 Å². The van der Waals surface area contributed by atoms with Gasteiger partial charge in [0.1, 0.15) is 24.4 Å². The quantitative estimate of drug-likeness (QED) is 0.548. The van der Waals surface area contributed by atoms with E-state index in [1.807, 2.05) is 24.3 Å². The number of ether oxygens (including phenoxy) is 3. The summed E-state index contributed by atoms with van der Waals surface area (Å²) in [6, 6.07) is 12.3. The molecule has 0 aliphatic rings. The molecule has 0 aliphatic carbocycles. The number of methoxy groups -OCH3 is 1. The SMILES string of the molecule is CCOC(=O)[C@H](O)Cc1cc(C=O)ccc1OCc1ccc(OC)cc1. The van der Waals surface area contributed by atoms with E-state index >= 15 is 0 Å². The van der Waals surface area contributed by atoms with Crippen molar-refractivity contribution in [1.29, 1.82) is 0 Å². The summed E-state index contributed by atoms with van der Waals surface area (Å²) in [4.78, 5) is 22.7. The minimum absolute atomic E-state index is 0.00153. The summed E-state index contributed by atoms with van der Waals surface area (Å²) >= 11 is 0. The fraction of sp³-hybridized carbons (Fsp3) is 0.300. The Morgan fingerprint density at radius 2 is 1.92 bits per heavy atom. The molecule has 0 radical (unpaired) electrons. The van der Waals surface area contributed by atoms with Crippen molar-refractivity contribution in [3.05, 3.63) is 59.2 Å². The molecule has 138 valence electrons. The number of benzene rings is 2. The van der Waals surface area contributed by atoms with Gasteiger partial charge < -0.3 is 19.3 Å². The number of rotatable bonds is 9. The molecule has 0 fully saturated rings. The highest BCUT2D eigenvalue weighted by molar-refractivity contribution is 5.77. The van der Waals surface area contributed by atoms with E-state index in [2.05, 4.69) is 0 Å². The third kappa shape index (κ3) is 5.32.